The van der Waals surface area contributed by atoms with E-state index in [0.29, 0.717) is 54.4 Å². The lowest BCUT2D eigenvalue weighted by Gasteiger charge is -2.34. The van der Waals surface area contributed by atoms with Gasteiger partial charge in [-0.05, 0) is 72.7 Å². The van der Waals surface area contributed by atoms with Crippen molar-refractivity contribution in [1.82, 2.24) is 24.3 Å². The van der Waals surface area contributed by atoms with Crippen molar-refractivity contribution in [2.75, 3.05) is 50.0 Å². The molecule has 0 saturated carbocycles. The van der Waals surface area contributed by atoms with Gasteiger partial charge in [-0.25, -0.2) is 9.78 Å². The molecule has 12 heteroatoms. The highest BCUT2D eigenvalue weighted by atomic mass is 16.5. The van der Waals surface area contributed by atoms with Crippen molar-refractivity contribution in [3.05, 3.63) is 108 Å². The Bertz CT molecular complexity index is 2070. The van der Waals surface area contributed by atoms with Crippen LogP contribution in [0.3, 0.4) is 0 Å². The number of piperazine rings is 1. The first-order valence-corrected chi connectivity index (χ1v) is 16.2. The van der Waals surface area contributed by atoms with Crippen molar-refractivity contribution in [3.63, 3.8) is 0 Å². The van der Waals surface area contributed by atoms with Crippen LogP contribution in [0.25, 0.3) is 28.2 Å². The second kappa shape index (κ2) is 13.7. The van der Waals surface area contributed by atoms with Gasteiger partial charge in [0.1, 0.15) is 11.4 Å². The van der Waals surface area contributed by atoms with Gasteiger partial charge >= 0.3 is 6.03 Å². The molecule has 0 radical (unpaired) electrons. The number of hydrogen-bond acceptors (Lipinski definition) is 8. The second-order valence-corrected chi connectivity index (χ2v) is 11.8. The van der Waals surface area contributed by atoms with Crippen molar-refractivity contribution in [1.29, 1.82) is 0 Å². The SMILES string of the molecule is CCn1cc(C=C2Oc3ccc(NC(=O)Nc4cccnc4)cc3C2=O)c2c(-c3ccc(C(=O)N4CCN(CCO)CC4)cc3)ccnc21. The van der Waals surface area contributed by atoms with Gasteiger partial charge in [-0.3, -0.25) is 19.5 Å². The number of carbonyl (C=O) groups is 3. The number of ketones is 1. The van der Waals surface area contributed by atoms with Crippen LogP contribution >= 0.6 is 0 Å². The molecule has 0 atom stereocenters. The number of anilines is 2. The maximum atomic E-state index is 13.6. The number of carbonyl (C=O) groups excluding carboxylic acids is 3. The Balaban J connectivity index is 1.13. The lowest BCUT2D eigenvalue weighted by atomic mass is 9.99. The van der Waals surface area contributed by atoms with Gasteiger partial charge < -0.3 is 29.9 Å². The molecule has 0 aliphatic carbocycles. The molecule has 3 N–H and O–H groups in total. The Hall–Kier alpha value is -5.85. The molecule has 3 aromatic heterocycles. The monoisotopic (exact) mass is 657 g/mol. The van der Waals surface area contributed by atoms with Crippen LogP contribution in [0.15, 0.2) is 91.2 Å². The van der Waals surface area contributed by atoms with Crippen LogP contribution in [0.4, 0.5) is 16.2 Å². The molecule has 5 aromatic rings. The molecule has 2 aromatic carbocycles. The second-order valence-electron chi connectivity index (χ2n) is 11.8. The number of Topliss-reactive ketones (excluding diaryl/α,β-unsaturated/α-hetero) is 1. The van der Waals surface area contributed by atoms with E-state index in [1.54, 1.807) is 48.8 Å². The Morgan fingerprint density at radius 1 is 0.959 bits per heavy atom. The summed E-state index contributed by atoms with van der Waals surface area (Å²) in [6.45, 7) is 6.16. The minimum absolute atomic E-state index is 0.0124. The van der Waals surface area contributed by atoms with E-state index in [4.69, 9.17) is 4.74 Å². The van der Waals surface area contributed by atoms with Crippen LogP contribution in [0, 0.1) is 0 Å². The lowest BCUT2D eigenvalue weighted by molar-refractivity contribution is 0.0615. The van der Waals surface area contributed by atoms with E-state index in [2.05, 4.69) is 25.5 Å². The zero-order chi connectivity index (χ0) is 33.9. The summed E-state index contributed by atoms with van der Waals surface area (Å²) >= 11 is 0. The molecule has 2 aliphatic rings. The van der Waals surface area contributed by atoms with E-state index in [1.165, 1.54) is 6.20 Å². The number of fused-ring (bicyclic) bond motifs is 2. The number of allylic oxidation sites excluding steroid dienone is 1. The van der Waals surface area contributed by atoms with Crippen LogP contribution in [-0.4, -0.2) is 86.5 Å². The molecule has 49 heavy (non-hydrogen) atoms. The lowest BCUT2D eigenvalue weighted by Crippen LogP contribution is -2.49. The molecule has 0 bridgehead atoms. The van der Waals surface area contributed by atoms with E-state index < -0.39 is 6.03 Å². The number of urea groups is 1. The molecule has 7 rings (SSSR count). The van der Waals surface area contributed by atoms with Gasteiger partial charge in [0.25, 0.3) is 5.91 Å². The summed E-state index contributed by atoms with van der Waals surface area (Å²) in [6, 6.07) is 17.4. The number of aryl methyl sites for hydroxylation is 1. The summed E-state index contributed by atoms with van der Waals surface area (Å²) in [6.07, 6.45) is 8.60. The van der Waals surface area contributed by atoms with E-state index in [0.717, 1.165) is 40.8 Å². The number of ether oxygens (including phenoxy) is 1. The largest absolute Gasteiger partial charge is 0.452 e. The highest BCUT2D eigenvalue weighted by molar-refractivity contribution is 6.16. The van der Waals surface area contributed by atoms with E-state index in [9.17, 15) is 19.5 Å². The number of aliphatic hydroxyl groups excluding tert-OH is 1. The summed E-state index contributed by atoms with van der Waals surface area (Å²) in [5.74, 6) is 0.259. The molecule has 5 heterocycles. The number of nitrogens with one attached hydrogen (secondary N) is 2. The van der Waals surface area contributed by atoms with Crippen molar-refractivity contribution in [2.24, 2.45) is 0 Å². The Morgan fingerprint density at radius 3 is 2.49 bits per heavy atom. The third kappa shape index (κ3) is 6.51. The maximum absolute atomic E-state index is 13.6. The maximum Gasteiger partial charge on any atom is 0.323 e. The number of benzene rings is 2. The first kappa shape index (κ1) is 31.7. The molecule has 0 unspecified atom stereocenters. The van der Waals surface area contributed by atoms with Gasteiger partial charge in [0, 0.05) is 80.1 Å². The van der Waals surface area contributed by atoms with E-state index >= 15 is 0 Å². The van der Waals surface area contributed by atoms with Crippen LogP contribution in [0.2, 0.25) is 0 Å². The molecule has 2 aliphatic heterocycles. The molecule has 1 fully saturated rings. The third-order valence-corrected chi connectivity index (χ3v) is 8.78. The first-order valence-electron chi connectivity index (χ1n) is 16.2. The number of aromatic nitrogens is 3. The number of rotatable bonds is 8. The number of amides is 3. The van der Waals surface area contributed by atoms with Gasteiger partial charge in [0.05, 0.1) is 24.1 Å². The number of β-amino-alcohol motifs (C(OH)–C–C–N with tert-alkyl or cyclic N) is 1. The number of pyridine rings is 2. The Labute approximate surface area is 282 Å². The minimum atomic E-state index is -0.461. The predicted octanol–water partition coefficient (Wildman–Crippen LogP) is 5.13. The summed E-state index contributed by atoms with van der Waals surface area (Å²) in [7, 11) is 0. The normalized spacial score (nSPS) is 15.3. The van der Waals surface area contributed by atoms with Gasteiger partial charge in [-0.1, -0.05) is 12.1 Å². The van der Waals surface area contributed by atoms with Crippen molar-refractivity contribution in [2.45, 2.75) is 13.5 Å². The van der Waals surface area contributed by atoms with Crippen LogP contribution < -0.4 is 15.4 Å². The standard InChI is InChI=1S/C37H35N7O5/c1-2-43-23-26(20-32-34(46)30-21-27(9-10-31(30)49-32)40-37(48)41-28-4-3-12-38-22-28)33-29(11-13-39-35(33)43)24-5-7-25(8-6-24)36(47)44-16-14-42(15-17-44)18-19-45/h3-13,20-23,45H,2,14-19H2,1H3,(H2,40,41,48). The fraction of sp³-hybridized carbons (Fsp3) is 0.216. The predicted molar refractivity (Wildman–Crippen MR) is 187 cm³/mol. The topological polar surface area (TPSA) is 142 Å². The van der Waals surface area contributed by atoms with Crippen molar-refractivity contribution in [3.8, 4) is 16.9 Å². The molecule has 248 valence electrons. The van der Waals surface area contributed by atoms with Crippen molar-refractivity contribution < 1.29 is 24.2 Å². The Kier molecular flexibility index (Phi) is 8.88. The zero-order valence-electron chi connectivity index (χ0n) is 26.9. The van der Waals surface area contributed by atoms with Crippen LogP contribution in [0.1, 0.15) is 33.2 Å². The molecular weight excluding hydrogens is 622 g/mol. The van der Waals surface area contributed by atoms with Crippen LogP contribution in [0.5, 0.6) is 5.75 Å². The molecule has 12 nitrogen and oxygen atoms in total. The summed E-state index contributed by atoms with van der Waals surface area (Å²) in [5.41, 5.74) is 5.30. The highest BCUT2D eigenvalue weighted by Crippen LogP contribution is 2.37. The Morgan fingerprint density at radius 2 is 1.76 bits per heavy atom. The van der Waals surface area contributed by atoms with Gasteiger partial charge in [0.2, 0.25) is 5.78 Å². The zero-order valence-corrected chi connectivity index (χ0v) is 26.9. The molecule has 3 amide bonds. The first-order chi connectivity index (χ1) is 23.9. The molecular formula is C37H35N7O5. The smallest absolute Gasteiger partial charge is 0.323 e. The van der Waals surface area contributed by atoms with Crippen molar-refractivity contribution >= 4 is 46.2 Å². The molecule has 1 saturated heterocycles. The number of aliphatic hydroxyl groups is 1. The number of nitrogens with zero attached hydrogens (tertiary/aromatic N) is 5. The average molecular weight is 658 g/mol. The molecule has 0 spiro atoms. The van der Waals surface area contributed by atoms with E-state index in [-0.39, 0.29) is 24.1 Å². The van der Waals surface area contributed by atoms with Gasteiger partial charge in [-0.15, -0.1) is 0 Å². The highest BCUT2D eigenvalue weighted by Gasteiger charge is 2.29. The fourth-order valence-electron chi connectivity index (χ4n) is 6.27. The van der Waals surface area contributed by atoms with Gasteiger partial charge in [-0.2, -0.15) is 0 Å². The summed E-state index contributed by atoms with van der Waals surface area (Å²) < 4.78 is 8.05. The summed E-state index contributed by atoms with van der Waals surface area (Å²) in [5, 5.41) is 15.5. The third-order valence-electron chi connectivity index (χ3n) is 8.78. The minimum Gasteiger partial charge on any atom is -0.452 e. The fourth-order valence-corrected chi connectivity index (χ4v) is 6.27. The number of hydrogen-bond donors (Lipinski definition) is 3. The summed E-state index contributed by atoms with van der Waals surface area (Å²) in [4.78, 5) is 52.0. The van der Waals surface area contributed by atoms with Crippen LogP contribution in [-0.2, 0) is 6.54 Å². The van der Waals surface area contributed by atoms with Gasteiger partial charge in [0.15, 0.2) is 5.76 Å². The van der Waals surface area contributed by atoms with E-state index in [1.807, 2.05) is 52.9 Å². The average Bonchev–Trinajstić information content (AvgIpc) is 3.65. The quantitative estimate of drug-likeness (QED) is 0.195.